The fraction of sp³-hybridized carbons (Fsp3) is 0.368. The highest BCUT2D eigenvalue weighted by Gasteiger charge is 2.23. The van der Waals surface area contributed by atoms with Crippen LogP contribution in [0.4, 0.5) is 0 Å². The van der Waals surface area contributed by atoms with Crippen LogP contribution < -0.4 is 9.47 Å². The summed E-state index contributed by atoms with van der Waals surface area (Å²) in [5.41, 5.74) is 2.00. The van der Waals surface area contributed by atoms with Crippen molar-refractivity contribution >= 4 is 23.2 Å². The van der Waals surface area contributed by atoms with Crippen molar-refractivity contribution in [2.24, 2.45) is 0 Å². The van der Waals surface area contributed by atoms with Gasteiger partial charge in [0, 0.05) is 19.6 Å². The number of rotatable bonds is 5. The van der Waals surface area contributed by atoms with E-state index in [1.54, 1.807) is 6.07 Å². The molecule has 1 saturated heterocycles. The average Bonchev–Trinajstić information content (AvgIpc) is 2.65. The van der Waals surface area contributed by atoms with Crippen LogP contribution in [-0.4, -0.2) is 43.9 Å². The summed E-state index contributed by atoms with van der Waals surface area (Å²) in [5.74, 6) is 0.802. The first-order valence-corrected chi connectivity index (χ1v) is 9.00. The van der Waals surface area contributed by atoms with E-state index in [4.69, 9.17) is 37.4 Å². The van der Waals surface area contributed by atoms with Gasteiger partial charge in [0.25, 0.3) is 0 Å². The Bertz CT molecular complexity index is 759. The van der Waals surface area contributed by atoms with Crippen LogP contribution in [0, 0.1) is 0 Å². The topological polar surface area (TPSA) is 51.2 Å². The lowest BCUT2D eigenvalue weighted by Crippen LogP contribution is -2.37. The molecule has 1 aliphatic heterocycles. The quantitative estimate of drug-likeness (QED) is 0.815. The highest BCUT2D eigenvalue weighted by atomic mass is 35.5. The van der Waals surface area contributed by atoms with Crippen LogP contribution in [0.3, 0.4) is 0 Å². The molecule has 0 aliphatic carbocycles. The number of ether oxygens (including phenoxy) is 3. The molecule has 1 aliphatic rings. The number of nitrogens with zero attached hydrogens (tertiary/aromatic N) is 1. The first-order chi connectivity index (χ1) is 12.5. The Labute approximate surface area is 163 Å². The molecule has 5 nitrogen and oxygen atoms in total. The van der Waals surface area contributed by atoms with E-state index in [9.17, 15) is 5.11 Å². The van der Waals surface area contributed by atoms with E-state index in [0.717, 1.165) is 24.2 Å². The summed E-state index contributed by atoms with van der Waals surface area (Å²) >= 11 is 12.1. The van der Waals surface area contributed by atoms with Crippen molar-refractivity contribution in [2.45, 2.75) is 12.6 Å². The van der Waals surface area contributed by atoms with Gasteiger partial charge in [-0.3, -0.25) is 4.90 Å². The summed E-state index contributed by atoms with van der Waals surface area (Å²) in [6.45, 7) is 2.85. The van der Waals surface area contributed by atoms with Gasteiger partial charge in [0.1, 0.15) is 0 Å². The minimum Gasteiger partial charge on any atom is -0.502 e. The van der Waals surface area contributed by atoms with Gasteiger partial charge in [0.15, 0.2) is 11.5 Å². The van der Waals surface area contributed by atoms with E-state index in [2.05, 4.69) is 4.90 Å². The second-order valence-electron chi connectivity index (χ2n) is 6.12. The Morgan fingerprint density at radius 3 is 2.42 bits per heavy atom. The lowest BCUT2D eigenvalue weighted by atomic mass is 10.1. The highest BCUT2D eigenvalue weighted by molar-refractivity contribution is 6.42. The van der Waals surface area contributed by atoms with E-state index in [1.807, 2.05) is 24.3 Å². The molecule has 1 unspecified atom stereocenters. The van der Waals surface area contributed by atoms with Crippen molar-refractivity contribution in [1.82, 2.24) is 4.90 Å². The summed E-state index contributed by atoms with van der Waals surface area (Å²) in [5, 5.41) is 11.1. The Morgan fingerprint density at radius 1 is 1.12 bits per heavy atom. The Balaban J connectivity index is 1.75. The maximum absolute atomic E-state index is 10.1. The number of phenolic OH excluding ortho intramolecular Hbond substituents is 1. The van der Waals surface area contributed by atoms with Crippen LogP contribution in [0.1, 0.15) is 17.2 Å². The van der Waals surface area contributed by atoms with E-state index in [0.29, 0.717) is 34.7 Å². The van der Waals surface area contributed by atoms with E-state index < -0.39 is 0 Å². The minimum atomic E-state index is -0.0700. The molecule has 1 N–H and O–H groups in total. The van der Waals surface area contributed by atoms with E-state index in [1.165, 1.54) is 14.2 Å². The number of halogens is 2. The molecule has 1 atom stereocenters. The van der Waals surface area contributed by atoms with Gasteiger partial charge in [0.05, 0.1) is 37.0 Å². The van der Waals surface area contributed by atoms with Gasteiger partial charge in [-0.2, -0.15) is 0 Å². The maximum Gasteiger partial charge on any atom is 0.200 e. The predicted octanol–water partition coefficient (Wildman–Crippen LogP) is 4.29. The normalized spacial score (nSPS) is 17.9. The molecule has 1 fully saturated rings. The number of benzene rings is 2. The predicted molar refractivity (Wildman–Crippen MR) is 102 cm³/mol. The molecule has 0 spiro atoms. The zero-order valence-electron chi connectivity index (χ0n) is 14.7. The third-order valence-corrected chi connectivity index (χ3v) is 5.15. The monoisotopic (exact) mass is 397 g/mol. The summed E-state index contributed by atoms with van der Waals surface area (Å²) in [7, 11) is 3.04. The molecule has 0 saturated carbocycles. The second kappa shape index (κ2) is 8.35. The molecular formula is C19H21Cl2NO4. The first-order valence-electron chi connectivity index (χ1n) is 8.24. The van der Waals surface area contributed by atoms with Gasteiger partial charge in [0.2, 0.25) is 5.75 Å². The zero-order valence-corrected chi connectivity index (χ0v) is 16.2. The highest BCUT2D eigenvalue weighted by Crippen LogP contribution is 2.37. The van der Waals surface area contributed by atoms with Crippen LogP contribution in [0.15, 0.2) is 30.3 Å². The summed E-state index contributed by atoms with van der Waals surface area (Å²) in [4.78, 5) is 2.28. The van der Waals surface area contributed by atoms with Crippen LogP contribution in [0.5, 0.6) is 17.2 Å². The van der Waals surface area contributed by atoms with E-state index >= 15 is 0 Å². The molecule has 0 amide bonds. The van der Waals surface area contributed by atoms with Crippen LogP contribution in [0.2, 0.25) is 10.0 Å². The average molecular weight is 398 g/mol. The molecule has 140 valence electrons. The molecule has 0 aromatic heterocycles. The molecule has 7 heteroatoms. The standard InChI is InChI=1S/C19H21Cl2NO4/c1-24-16-7-12(8-17(25-2)19(16)23)10-22-5-6-26-18(11-22)13-3-4-14(20)15(21)9-13/h3-4,7-9,18,23H,5-6,10-11H2,1-2H3. The Kier molecular flexibility index (Phi) is 6.14. The first kappa shape index (κ1) is 19.1. The number of hydrogen-bond donors (Lipinski definition) is 1. The van der Waals surface area contributed by atoms with Crippen LogP contribution in [-0.2, 0) is 11.3 Å². The van der Waals surface area contributed by atoms with Crippen LogP contribution in [0.25, 0.3) is 0 Å². The Hall–Kier alpha value is -1.66. The Morgan fingerprint density at radius 2 is 1.81 bits per heavy atom. The SMILES string of the molecule is COc1cc(CN2CCOC(c3ccc(Cl)c(Cl)c3)C2)cc(OC)c1O. The summed E-state index contributed by atoms with van der Waals surface area (Å²) < 4.78 is 16.4. The van der Waals surface area contributed by atoms with Gasteiger partial charge in [-0.15, -0.1) is 0 Å². The lowest BCUT2D eigenvalue weighted by molar-refractivity contribution is -0.0329. The molecule has 0 bridgehead atoms. The number of morpholine rings is 1. The van der Waals surface area contributed by atoms with E-state index in [-0.39, 0.29) is 11.9 Å². The lowest BCUT2D eigenvalue weighted by Gasteiger charge is -2.33. The smallest absolute Gasteiger partial charge is 0.200 e. The van der Waals surface area contributed by atoms with Crippen molar-refractivity contribution in [3.05, 3.63) is 51.5 Å². The minimum absolute atomic E-state index is 0.00871. The van der Waals surface area contributed by atoms with Crippen molar-refractivity contribution in [1.29, 1.82) is 0 Å². The largest absolute Gasteiger partial charge is 0.502 e. The van der Waals surface area contributed by atoms with Gasteiger partial charge in [-0.05, 0) is 35.4 Å². The number of aromatic hydroxyl groups is 1. The summed E-state index contributed by atoms with van der Waals surface area (Å²) in [6.07, 6.45) is -0.0700. The number of phenols is 1. The van der Waals surface area contributed by atoms with Gasteiger partial charge < -0.3 is 19.3 Å². The fourth-order valence-electron chi connectivity index (χ4n) is 3.06. The third kappa shape index (κ3) is 4.18. The van der Waals surface area contributed by atoms with Crippen LogP contribution >= 0.6 is 23.2 Å². The third-order valence-electron chi connectivity index (χ3n) is 4.41. The van der Waals surface area contributed by atoms with Crippen molar-refractivity contribution in [3.8, 4) is 17.2 Å². The molecule has 2 aromatic rings. The fourth-order valence-corrected chi connectivity index (χ4v) is 3.36. The van der Waals surface area contributed by atoms with Gasteiger partial charge >= 0.3 is 0 Å². The van der Waals surface area contributed by atoms with Crippen molar-refractivity contribution < 1.29 is 19.3 Å². The van der Waals surface area contributed by atoms with Gasteiger partial charge in [-0.1, -0.05) is 29.3 Å². The van der Waals surface area contributed by atoms with Crippen molar-refractivity contribution in [3.63, 3.8) is 0 Å². The molecule has 0 radical (unpaired) electrons. The molecule has 2 aromatic carbocycles. The number of hydrogen-bond acceptors (Lipinski definition) is 5. The maximum atomic E-state index is 10.1. The summed E-state index contributed by atoms with van der Waals surface area (Å²) in [6, 6.07) is 9.22. The van der Waals surface area contributed by atoms with Gasteiger partial charge in [-0.25, -0.2) is 0 Å². The molecule has 1 heterocycles. The van der Waals surface area contributed by atoms with Crippen molar-refractivity contribution in [2.75, 3.05) is 33.9 Å². The molecule has 26 heavy (non-hydrogen) atoms. The molecular weight excluding hydrogens is 377 g/mol. The number of methoxy groups -OCH3 is 2. The zero-order chi connectivity index (χ0) is 18.7. The molecule has 3 rings (SSSR count). The second-order valence-corrected chi connectivity index (χ2v) is 6.93.